The predicted octanol–water partition coefficient (Wildman–Crippen LogP) is 3.24. The molecule has 2 N–H and O–H groups in total. The van der Waals surface area contributed by atoms with Crippen molar-refractivity contribution in [3.05, 3.63) is 24.2 Å². The smallest absolute Gasteiger partial charge is 0.120 e. The predicted molar refractivity (Wildman–Crippen MR) is 74.6 cm³/mol. The second-order valence-electron chi connectivity index (χ2n) is 6.90. The molecule has 1 aliphatic rings. The largest absolute Gasteiger partial charge is 0.468 e. The maximum atomic E-state index is 5.46. The summed E-state index contributed by atoms with van der Waals surface area (Å²) in [5.74, 6) is 1.02. The summed E-state index contributed by atoms with van der Waals surface area (Å²) in [5.41, 5.74) is 0.366. The van der Waals surface area contributed by atoms with Gasteiger partial charge in [-0.15, -0.1) is 0 Å². The molecular formula is C15H26N2O. The summed E-state index contributed by atoms with van der Waals surface area (Å²) in [7, 11) is 0. The van der Waals surface area contributed by atoms with Gasteiger partial charge in [-0.05, 0) is 59.6 Å². The van der Waals surface area contributed by atoms with Crippen LogP contribution >= 0.6 is 0 Å². The molecule has 0 aromatic carbocycles. The Kier molecular flexibility index (Phi) is 3.56. The van der Waals surface area contributed by atoms with Crippen molar-refractivity contribution >= 4 is 0 Å². The highest BCUT2D eigenvalue weighted by Gasteiger charge is 2.38. The van der Waals surface area contributed by atoms with Crippen molar-refractivity contribution in [1.29, 1.82) is 0 Å². The zero-order valence-electron chi connectivity index (χ0n) is 12.2. The molecule has 18 heavy (non-hydrogen) atoms. The minimum absolute atomic E-state index is 0.183. The summed E-state index contributed by atoms with van der Waals surface area (Å²) in [6, 6.07) is 4.78. The van der Waals surface area contributed by atoms with E-state index >= 15 is 0 Å². The lowest BCUT2D eigenvalue weighted by Crippen LogP contribution is -2.61. The van der Waals surface area contributed by atoms with Gasteiger partial charge in [-0.1, -0.05) is 0 Å². The van der Waals surface area contributed by atoms with Crippen LogP contribution in [-0.2, 0) is 0 Å². The Balaban J connectivity index is 2.01. The van der Waals surface area contributed by atoms with Gasteiger partial charge in [0, 0.05) is 17.1 Å². The van der Waals surface area contributed by atoms with Crippen molar-refractivity contribution in [3.8, 4) is 0 Å². The third kappa shape index (κ3) is 3.36. The second kappa shape index (κ2) is 4.71. The molecular weight excluding hydrogens is 224 g/mol. The van der Waals surface area contributed by atoms with E-state index in [1.165, 1.54) is 0 Å². The molecule has 1 unspecified atom stereocenters. The lowest BCUT2D eigenvalue weighted by Gasteiger charge is -2.47. The average molecular weight is 250 g/mol. The third-order valence-electron chi connectivity index (χ3n) is 3.65. The van der Waals surface area contributed by atoms with Crippen molar-refractivity contribution in [3.63, 3.8) is 0 Å². The zero-order chi connectivity index (χ0) is 13.4. The Bertz CT molecular complexity index is 365. The molecule has 0 saturated carbocycles. The summed E-state index contributed by atoms with van der Waals surface area (Å²) in [6.45, 7) is 11.3. The van der Waals surface area contributed by atoms with Gasteiger partial charge < -0.3 is 15.1 Å². The van der Waals surface area contributed by atoms with Crippen LogP contribution in [0.3, 0.4) is 0 Å². The fourth-order valence-electron chi connectivity index (χ4n) is 3.41. The molecule has 0 amide bonds. The first kappa shape index (κ1) is 13.6. The Hall–Kier alpha value is -0.800. The van der Waals surface area contributed by atoms with E-state index < -0.39 is 0 Å². The van der Waals surface area contributed by atoms with E-state index in [0.29, 0.717) is 6.04 Å². The Morgan fingerprint density at radius 1 is 1.28 bits per heavy atom. The monoisotopic (exact) mass is 250 g/mol. The summed E-state index contributed by atoms with van der Waals surface area (Å²) in [4.78, 5) is 0. The molecule has 3 heteroatoms. The van der Waals surface area contributed by atoms with E-state index in [4.69, 9.17) is 4.42 Å². The number of rotatable bonds is 3. The van der Waals surface area contributed by atoms with E-state index in [0.717, 1.165) is 18.6 Å². The molecule has 1 aliphatic heterocycles. The van der Waals surface area contributed by atoms with Crippen LogP contribution in [0.1, 0.15) is 59.3 Å². The lowest BCUT2D eigenvalue weighted by molar-refractivity contribution is 0.139. The maximum Gasteiger partial charge on any atom is 0.120 e. The highest BCUT2D eigenvalue weighted by Crippen LogP contribution is 2.30. The quantitative estimate of drug-likeness (QED) is 0.864. The fourth-order valence-corrected chi connectivity index (χ4v) is 3.41. The highest BCUT2D eigenvalue weighted by molar-refractivity contribution is 5.06. The molecule has 0 bridgehead atoms. The van der Waals surface area contributed by atoms with E-state index in [1.54, 1.807) is 6.26 Å². The van der Waals surface area contributed by atoms with Gasteiger partial charge in [0.2, 0.25) is 0 Å². The third-order valence-corrected chi connectivity index (χ3v) is 3.65. The molecule has 0 spiro atoms. The summed E-state index contributed by atoms with van der Waals surface area (Å²) in [5, 5.41) is 7.41. The van der Waals surface area contributed by atoms with Gasteiger partial charge in [-0.25, -0.2) is 0 Å². The molecule has 2 heterocycles. The molecule has 1 aromatic heterocycles. The van der Waals surface area contributed by atoms with Crippen LogP contribution in [0.5, 0.6) is 0 Å². The van der Waals surface area contributed by atoms with E-state index in [-0.39, 0.29) is 17.1 Å². The second-order valence-corrected chi connectivity index (χ2v) is 6.90. The molecule has 3 nitrogen and oxygen atoms in total. The Morgan fingerprint density at radius 2 is 1.89 bits per heavy atom. The molecule has 0 radical (unpaired) electrons. The van der Waals surface area contributed by atoms with Crippen molar-refractivity contribution in [2.24, 2.45) is 0 Å². The van der Waals surface area contributed by atoms with Crippen LogP contribution in [0.4, 0.5) is 0 Å². The van der Waals surface area contributed by atoms with Crippen LogP contribution in [0, 0.1) is 0 Å². The van der Waals surface area contributed by atoms with Gasteiger partial charge in [0.25, 0.3) is 0 Å². The number of hydrogen-bond donors (Lipinski definition) is 2. The van der Waals surface area contributed by atoms with Crippen molar-refractivity contribution < 1.29 is 4.42 Å². The maximum absolute atomic E-state index is 5.46. The van der Waals surface area contributed by atoms with Crippen LogP contribution in [0.25, 0.3) is 0 Å². The molecule has 102 valence electrons. The zero-order valence-corrected chi connectivity index (χ0v) is 12.2. The lowest BCUT2D eigenvalue weighted by atomic mass is 9.79. The van der Waals surface area contributed by atoms with Crippen LogP contribution in [0.15, 0.2) is 22.8 Å². The van der Waals surface area contributed by atoms with Gasteiger partial charge in [0.15, 0.2) is 0 Å². The molecule has 0 aliphatic carbocycles. The summed E-state index contributed by atoms with van der Waals surface area (Å²) >= 11 is 0. The molecule has 2 rings (SSSR count). The first-order valence-electron chi connectivity index (χ1n) is 6.86. The number of nitrogens with one attached hydrogen (secondary N) is 2. The fraction of sp³-hybridized carbons (Fsp3) is 0.733. The van der Waals surface area contributed by atoms with Crippen molar-refractivity contribution in [1.82, 2.24) is 10.6 Å². The van der Waals surface area contributed by atoms with Crippen LogP contribution < -0.4 is 10.6 Å². The average Bonchev–Trinajstić information content (AvgIpc) is 2.63. The van der Waals surface area contributed by atoms with Gasteiger partial charge in [0.1, 0.15) is 5.76 Å². The SMILES string of the molecule is CC(NC1CC(C)(C)NC(C)(C)C1)c1ccco1. The number of piperidine rings is 1. The van der Waals surface area contributed by atoms with E-state index in [9.17, 15) is 0 Å². The van der Waals surface area contributed by atoms with E-state index in [1.807, 2.05) is 12.1 Å². The van der Waals surface area contributed by atoms with Gasteiger partial charge in [-0.2, -0.15) is 0 Å². The molecule has 1 atom stereocenters. The standard InChI is InChI=1S/C15H26N2O/c1-11(13-7-6-8-18-13)16-12-9-14(2,3)17-15(4,5)10-12/h6-8,11-12,16-17H,9-10H2,1-5H3. The van der Waals surface area contributed by atoms with Crippen LogP contribution in [0.2, 0.25) is 0 Å². The molecule has 1 fully saturated rings. The highest BCUT2D eigenvalue weighted by atomic mass is 16.3. The van der Waals surface area contributed by atoms with E-state index in [2.05, 4.69) is 45.3 Å². The van der Waals surface area contributed by atoms with Crippen molar-refractivity contribution in [2.45, 2.75) is 70.6 Å². The normalized spacial score (nSPS) is 24.9. The molecule has 1 saturated heterocycles. The number of furan rings is 1. The Labute approximate surface area is 110 Å². The summed E-state index contributed by atoms with van der Waals surface area (Å²) < 4.78 is 5.46. The van der Waals surface area contributed by atoms with Gasteiger partial charge >= 0.3 is 0 Å². The Morgan fingerprint density at radius 3 is 2.39 bits per heavy atom. The van der Waals surface area contributed by atoms with Crippen LogP contribution in [-0.4, -0.2) is 17.1 Å². The van der Waals surface area contributed by atoms with Crippen molar-refractivity contribution in [2.75, 3.05) is 0 Å². The summed E-state index contributed by atoms with van der Waals surface area (Å²) in [6.07, 6.45) is 4.02. The topological polar surface area (TPSA) is 37.2 Å². The molecule has 1 aromatic rings. The first-order chi connectivity index (χ1) is 8.27. The minimum Gasteiger partial charge on any atom is -0.468 e. The van der Waals surface area contributed by atoms with Gasteiger partial charge in [-0.3, -0.25) is 0 Å². The minimum atomic E-state index is 0.183. The first-order valence-corrected chi connectivity index (χ1v) is 6.86. The van der Waals surface area contributed by atoms with Gasteiger partial charge in [0.05, 0.1) is 12.3 Å². The number of hydrogen-bond acceptors (Lipinski definition) is 3.